The molecule has 2 aromatic carbocycles. The number of hydrogen-bond acceptors (Lipinski definition) is 9. The molecule has 392 valence electrons. The highest BCUT2D eigenvalue weighted by atomic mass is 35.5. The predicted octanol–water partition coefficient (Wildman–Crippen LogP) is 7.75. The zero-order valence-corrected chi connectivity index (χ0v) is 44.3. The van der Waals surface area contributed by atoms with Gasteiger partial charge in [-0.1, -0.05) is 49.9 Å². The van der Waals surface area contributed by atoms with Gasteiger partial charge in [-0.3, -0.25) is 4.79 Å². The molecule has 2 saturated heterocycles. The van der Waals surface area contributed by atoms with Crippen LogP contribution in [0.25, 0.3) is 0 Å². The van der Waals surface area contributed by atoms with E-state index >= 15 is 0 Å². The largest absolute Gasteiger partial charge is 0.478 e. The Labute approximate surface area is 426 Å². The third-order valence-corrected chi connectivity index (χ3v) is 13.6. The molecular weight excluding hydrogens is 920 g/mol. The van der Waals surface area contributed by atoms with Crippen LogP contribution in [-0.2, 0) is 22.6 Å². The molecule has 0 radical (unpaired) electrons. The summed E-state index contributed by atoms with van der Waals surface area (Å²) in [6.45, 7) is 15.5. The second-order valence-electron chi connectivity index (χ2n) is 19.5. The first-order chi connectivity index (χ1) is 32.3. The molecule has 4 fully saturated rings. The Morgan fingerprint density at radius 3 is 1.51 bits per heavy atom. The lowest BCUT2D eigenvalue weighted by Crippen LogP contribution is -2.48. The summed E-state index contributed by atoms with van der Waals surface area (Å²) in [6, 6.07) is 14.3. The number of carboxylic acid groups (broad SMARTS) is 1. The van der Waals surface area contributed by atoms with Gasteiger partial charge in [0.15, 0.2) is 0 Å². The SMILES string of the molecule is CCOC[C@@H]1CCCN(C[C@H]2CCCC[C@@H]2N)C1.CCOC[C@@H]1CCCN(C[C@H]2CCCC[C@@H]2NC(=O)c2ccc(CNC(=O)N(C)C)cc2)C1.CN(C)C(=O)NCc1ccc(C(=O)O)cc1.Cl.Cl. The summed E-state index contributed by atoms with van der Waals surface area (Å²) in [5.74, 6) is 1.68. The van der Waals surface area contributed by atoms with Gasteiger partial charge in [0, 0.05) is 98.3 Å². The van der Waals surface area contributed by atoms with Gasteiger partial charge < -0.3 is 55.9 Å². The van der Waals surface area contributed by atoms with E-state index in [1.54, 1.807) is 40.3 Å². The van der Waals surface area contributed by atoms with Crippen LogP contribution in [0, 0.1) is 23.7 Å². The molecule has 2 saturated carbocycles. The molecule has 6 atom stereocenters. The fourth-order valence-electron chi connectivity index (χ4n) is 9.68. The van der Waals surface area contributed by atoms with Gasteiger partial charge in [-0.25, -0.2) is 14.4 Å². The van der Waals surface area contributed by atoms with Crippen LogP contribution in [0.2, 0.25) is 0 Å². The van der Waals surface area contributed by atoms with Crippen molar-refractivity contribution in [1.82, 2.24) is 35.6 Å². The van der Waals surface area contributed by atoms with Gasteiger partial charge >= 0.3 is 18.0 Å². The minimum Gasteiger partial charge on any atom is -0.478 e. The number of halogens is 2. The van der Waals surface area contributed by atoms with Gasteiger partial charge in [0.25, 0.3) is 5.91 Å². The molecular formula is C52H88Cl2N8O7. The third kappa shape index (κ3) is 22.9. The number of carbonyl (C=O) groups is 4. The number of likely N-dealkylation sites (tertiary alicyclic amines) is 2. The average Bonchev–Trinajstić information content (AvgIpc) is 3.33. The van der Waals surface area contributed by atoms with Crippen LogP contribution in [0.3, 0.4) is 0 Å². The molecule has 6 N–H and O–H groups in total. The number of carboxylic acids is 1. The van der Waals surface area contributed by atoms with Crippen LogP contribution in [0.1, 0.15) is 123 Å². The number of rotatable bonds is 17. The van der Waals surface area contributed by atoms with Crippen LogP contribution in [-0.4, -0.2) is 155 Å². The molecule has 17 heteroatoms. The standard InChI is InChI=1S/C26H42N4O3.C15H30N2O.C11H14N2O3.2ClH/c1-4-33-19-21-8-7-15-30(17-21)18-23-9-5-6-10-24(23)28-25(31)22-13-11-20(12-14-22)16-27-26(32)29(2)3;1-2-18-12-13-6-5-9-17(10-13)11-14-7-3-4-8-15(14)16;1-13(2)11(16)12-7-8-3-5-9(6-4-8)10(14)15;;/h11-14,21,23-24H,4-10,15-19H2,1-3H3,(H,27,32)(H,28,31);13-15H,2-12,16H2,1H3;3-6H,7H2,1-2H3,(H,12,16)(H,14,15);2*1H/t21-,23-,24+;13-,14-,15+;;;/m11.../s1. The Hall–Kier alpha value is -3.70. The van der Waals surface area contributed by atoms with Crippen LogP contribution >= 0.6 is 24.8 Å². The van der Waals surface area contributed by atoms with Crippen molar-refractivity contribution in [3.63, 3.8) is 0 Å². The number of nitrogens with zero attached hydrogens (tertiary/aromatic N) is 4. The van der Waals surface area contributed by atoms with E-state index in [0.29, 0.717) is 36.5 Å². The van der Waals surface area contributed by atoms with Gasteiger partial charge in [-0.15, -0.1) is 24.8 Å². The van der Waals surface area contributed by atoms with Gasteiger partial charge in [0.1, 0.15) is 0 Å². The predicted molar refractivity (Wildman–Crippen MR) is 281 cm³/mol. The quantitative estimate of drug-likeness (QED) is 0.105. The topological polar surface area (TPSA) is 182 Å². The number of hydrogen-bond donors (Lipinski definition) is 5. The third-order valence-electron chi connectivity index (χ3n) is 13.6. The Bertz CT molecular complexity index is 1760. The fourth-order valence-corrected chi connectivity index (χ4v) is 9.68. The molecule has 0 aromatic heterocycles. The Morgan fingerprint density at radius 1 is 0.623 bits per heavy atom. The number of amides is 5. The van der Waals surface area contributed by atoms with E-state index in [9.17, 15) is 19.2 Å². The molecule has 0 bridgehead atoms. The fraction of sp³-hybridized carbons (Fsp3) is 0.692. The maximum atomic E-state index is 13.0. The highest BCUT2D eigenvalue weighted by Crippen LogP contribution is 2.29. The van der Waals surface area contributed by atoms with Gasteiger partial charge in [-0.05, 0) is 137 Å². The first-order valence-corrected chi connectivity index (χ1v) is 25.2. The van der Waals surface area contributed by atoms with Crippen molar-refractivity contribution in [2.75, 3.05) is 93.9 Å². The maximum absolute atomic E-state index is 13.0. The second-order valence-corrected chi connectivity index (χ2v) is 19.5. The first kappa shape index (κ1) is 61.4. The van der Waals surface area contributed by atoms with E-state index in [4.69, 9.17) is 20.3 Å². The second kappa shape index (κ2) is 33.8. The summed E-state index contributed by atoms with van der Waals surface area (Å²) < 4.78 is 11.3. The minimum absolute atomic E-state index is 0. The summed E-state index contributed by atoms with van der Waals surface area (Å²) >= 11 is 0. The van der Waals surface area contributed by atoms with Gasteiger partial charge in [-0.2, -0.15) is 0 Å². The summed E-state index contributed by atoms with van der Waals surface area (Å²) in [7, 11) is 6.74. The zero-order valence-electron chi connectivity index (χ0n) is 42.6. The van der Waals surface area contributed by atoms with E-state index in [1.807, 2.05) is 24.3 Å². The Kier molecular flexibility index (Phi) is 30.1. The van der Waals surface area contributed by atoms with E-state index in [0.717, 1.165) is 75.4 Å². The van der Waals surface area contributed by atoms with Crippen LogP contribution in [0.15, 0.2) is 48.5 Å². The molecule has 15 nitrogen and oxygen atoms in total. The lowest BCUT2D eigenvalue weighted by molar-refractivity contribution is 0.0547. The number of urea groups is 2. The van der Waals surface area contributed by atoms with Crippen molar-refractivity contribution in [3.05, 3.63) is 70.8 Å². The number of nitrogens with two attached hydrogens (primary N) is 1. The molecule has 2 aliphatic carbocycles. The summed E-state index contributed by atoms with van der Waals surface area (Å²) in [6.07, 6.45) is 15.1. The maximum Gasteiger partial charge on any atom is 0.335 e. The molecule has 5 amide bonds. The summed E-state index contributed by atoms with van der Waals surface area (Å²) in [4.78, 5) is 54.6. The van der Waals surface area contributed by atoms with Crippen LogP contribution in [0.4, 0.5) is 9.59 Å². The van der Waals surface area contributed by atoms with E-state index in [-0.39, 0.29) is 54.4 Å². The lowest BCUT2D eigenvalue weighted by atomic mass is 9.83. The number of benzene rings is 2. The number of aromatic carboxylic acids is 1. The van der Waals surface area contributed by atoms with Crippen molar-refractivity contribution in [2.24, 2.45) is 29.4 Å². The average molecular weight is 1010 g/mol. The van der Waals surface area contributed by atoms with Gasteiger partial charge in [0.2, 0.25) is 0 Å². The van der Waals surface area contributed by atoms with Crippen molar-refractivity contribution >= 4 is 48.8 Å². The van der Waals surface area contributed by atoms with Crippen molar-refractivity contribution in [2.45, 2.75) is 116 Å². The molecule has 6 rings (SSSR count). The zero-order chi connectivity index (χ0) is 48.6. The van der Waals surface area contributed by atoms with E-state index < -0.39 is 5.97 Å². The van der Waals surface area contributed by atoms with Crippen LogP contribution < -0.4 is 21.7 Å². The molecule has 2 aromatic rings. The number of piperidine rings is 2. The van der Waals surface area contributed by atoms with Crippen molar-refractivity contribution in [1.29, 1.82) is 0 Å². The molecule has 0 unspecified atom stereocenters. The molecule has 2 heterocycles. The summed E-state index contributed by atoms with van der Waals surface area (Å²) in [5, 5.41) is 17.6. The monoisotopic (exact) mass is 1010 g/mol. The molecule has 2 aliphatic heterocycles. The van der Waals surface area contributed by atoms with Crippen molar-refractivity contribution < 1.29 is 33.8 Å². The highest BCUT2D eigenvalue weighted by Gasteiger charge is 2.31. The molecule has 69 heavy (non-hydrogen) atoms. The van der Waals surface area contributed by atoms with Crippen LogP contribution in [0.5, 0.6) is 0 Å². The molecule has 0 spiro atoms. The summed E-state index contributed by atoms with van der Waals surface area (Å²) in [5.41, 5.74) is 9.01. The van der Waals surface area contributed by atoms with E-state index in [1.165, 1.54) is 112 Å². The first-order valence-electron chi connectivity index (χ1n) is 25.2. The molecule has 4 aliphatic rings. The highest BCUT2D eigenvalue weighted by molar-refractivity contribution is 5.94. The van der Waals surface area contributed by atoms with Crippen molar-refractivity contribution in [3.8, 4) is 0 Å². The number of nitrogens with one attached hydrogen (secondary N) is 3. The Morgan fingerprint density at radius 2 is 1.06 bits per heavy atom. The van der Waals surface area contributed by atoms with E-state index in [2.05, 4.69) is 39.6 Å². The number of carbonyl (C=O) groups excluding carboxylic acids is 3. The normalized spacial score (nSPS) is 22.6. The van der Waals surface area contributed by atoms with Gasteiger partial charge in [0.05, 0.1) is 18.8 Å². The number of ether oxygens (including phenoxy) is 2. The minimum atomic E-state index is -0.955. The Balaban J connectivity index is 0.000000384. The lowest BCUT2D eigenvalue weighted by Gasteiger charge is -2.39. The smallest absolute Gasteiger partial charge is 0.335 e.